The summed E-state index contributed by atoms with van der Waals surface area (Å²) in [6.07, 6.45) is 3.66. The van der Waals surface area contributed by atoms with Gasteiger partial charge in [-0.25, -0.2) is 0 Å². The maximum absolute atomic E-state index is 12.4. The Morgan fingerprint density at radius 3 is 2.83 bits per heavy atom. The van der Waals surface area contributed by atoms with E-state index in [4.69, 9.17) is 4.52 Å². The maximum atomic E-state index is 12.4. The van der Waals surface area contributed by atoms with Gasteiger partial charge in [0.05, 0.1) is 11.3 Å². The molecule has 0 spiro atoms. The fourth-order valence-corrected chi connectivity index (χ4v) is 3.73. The second-order valence-electron chi connectivity index (χ2n) is 6.04. The molecule has 0 radical (unpaired) electrons. The van der Waals surface area contributed by atoms with Gasteiger partial charge in [0.15, 0.2) is 0 Å². The number of aryl methyl sites for hydroxylation is 1. The first-order valence-electron chi connectivity index (χ1n) is 7.99. The lowest BCUT2D eigenvalue weighted by Gasteiger charge is -2.30. The lowest BCUT2D eigenvalue weighted by molar-refractivity contribution is 0.0705. The molecule has 4 rings (SSSR count). The van der Waals surface area contributed by atoms with Gasteiger partial charge in [0.25, 0.3) is 5.91 Å². The lowest BCUT2D eigenvalue weighted by Crippen LogP contribution is -2.37. The van der Waals surface area contributed by atoms with Crippen molar-refractivity contribution >= 4 is 17.2 Å². The zero-order valence-corrected chi connectivity index (χ0v) is 14.2. The Morgan fingerprint density at radius 1 is 1.33 bits per heavy atom. The van der Waals surface area contributed by atoms with E-state index >= 15 is 0 Å². The predicted octanol–water partition coefficient (Wildman–Crippen LogP) is 3.16. The van der Waals surface area contributed by atoms with Crippen molar-refractivity contribution in [1.82, 2.24) is 19.6 Å². The van der Waals surface area contributed by atoms with E-state index in [0.717, 1.165) is 37.2 Å². The van der Waals surface area contributed by atoms with Gasteiger partial charge in [0.1, 0.15) is 0 Å². The zero-order valence-electron chi connectivity index (χ0n) is 13.4. The van der Waals surface area contributed by atoms with Crippen molar-refractivity contribution in [3.05, 3.63) is 46.6 Å². The van der Waals surface area contributed by atoms with E-state index in [9.17, 15) is 4.79 Å². The van der Waals surface area contributed by atoms with E-state index in [-0.39, 0.29) is 11.8 Å². The number of nitrogens with zero attached hydrogens (tertiary/aromatic N) is 4. The highest BCUT2D eigenvalue weighted by Gasteiger charge is 2.28. The number of likely N-dealkylation sites (tertiary alicyclic amines) is 1. The molecule has 6 nitrogen and oxygen atoms in total. The lowest BCUT2D eigenvalue weighted by atomic mass is 9.96. The first-order valence-corrected chi connectivity index (χ1v) is 8.93. The van der Waals surface area contributed by atoms with Gasteiger partial charge in [-0.3, -0.25) is 4.79 Å². The van der Waals surface area contributed by atoms with Crippen LogP contribution in [0.25, 0.3) is 11.5 Å². The molecule has 1 amide bonds. The Balaban J connectivity index is 1.42. The van der Waals surface area contributed by atoms with Gasteiger partial charge in [-0.1, -0.05) is 5.16 Å². The molecule has 3 aromatic rings. The number of carbonyl (C=O) groups is 1. The molecule has 24 heavy (non-hydrogen) atoms. The third kappa shape index (κ3) is 2.75. The fourth-order valence-electron chi connectivity index (χ4n) is 3.10. The first-order chi connectivity index (χ1) is 11.7. The summed E-state index contributed by atoms with van der Waals surface area (Å²) in [4.78, 5) is 18.8. The monoisotopic (exact) mass is 342 g/mol. The molecule has 7 heteroatoms. The molecular formula is C17H18N4O2S. The summed E-state index contributed by atoms with van der Waals surface area (Å²) in [5.74, 6) is 1.63. The number of carbonyl (C=O) groups excluding carboxylic acids is 1. The molecular weight excluding hydrogens is 324 g/mol. The second-order valence-corrected chi connectivity index (χ2v) is 6.82. The Hall–Kier alpha value is -2.41. The number of hydrogen-bond acceptors (Lipinski definition) is 5. The van der Waals surface area contributed by atoms with E-state index in [0.29, 0.717) is 11.7 Å². The van der Waals surface area contributed by atoms with Crippen LogP contribution >= 0.6 is 11.3 Å². The molecule has 4 heterocycles. The number of aromatic nitrogens is 3. The smallest absolute Gasteiger partial charge is 0.254 e. The van der Waals surface area contributed by atoms with Crippen LogP contribution in [-0.2, 0) is 7.05 Å². The fraction of sp³-hybridized carbons (Fsp3) is 0.353. The molecule has 1 aliphatic heterocycles. The first kappa shape index (κ1) is 15.1. The van der Waals surface area contributed by atoms with Crippen LogP contribution in [0.3, 0.4) is 0 Å². The maximum Gasteiger partial charge on any atom is 0.254 e. The van der Waals surface area contributed by atoms with Crippen LogP contribution in [0.1, 0.15) is 35.0 Å². The zero-order chi connectivity index (χ0) is 16.5. The summed E-state index contributed by atoms with van der Waals surface area (Å²) in [6.45, 7) is 1.45. The van der Waals surface area contributed by atoms with Crippen molar-refractivity contribution in [2.75, 3.05) is 13.1 Å². The molecule has 0 N–H and O–H groups in total. The quantitative estimate of drug-likeness (QED) is 0.733. The largest absolute Gasteiger partial charge is 0.348 e. The highest BCUT2D eigenvalue weighted by Crippen LogP contribution is 2.29. The minimum absolute atomic E-state index is 0.115. The summed E-state index contributed by atoms with van der Waals surface area (Å²) in [5.41, 5.74) is 1.72. The SMILES string of the molecule is Cn1cccc1-c1noc(C2CCN(C(=O)c3ccsc3)CC2)n1. The molecule has 0 aliphatic carbocycles. The second kappa shape index (κ2) is 6.24. The summed E-state index contributed by atoms with van der Waals surface area (Å²) >= 11 is 1.55. The molecule has 0 aromatic carbocycles. The minimum atomic E-state index is 0.115. The number of rotatable bonds is 3. The van der Waals surface area contributed by atoms with Crippen molar-refractivity contribution in [3.63, 3.8) is 0 Å². The van der Waals surface area contributed by atoms with E-state index in [1.165, 1.54) is 0 Å². The average Bonchev–Trinajstić information content (AvgIpc) is 3.35. The minimum Gasteiger partial charge on any atom is -0.348 e. The van der Waals surface area contributed by atoms with Crippen molar-refractivity contribution < 1.29 is 9.32 Å². The van der Waals surface area contributed by atoms with Crippen molar-refractivity contribution in [1.29, 1.82) is 0 Å². The van der Waals surface area contributed by atoms with E-state index in [2.05, 4.69) is 10.1 Å². The van der Waals surface area contributed by atoms with E-state index in [1.807, 2.05) is 51.7 Å². The molecule has 0 saturated carbocycles. The highest BCUT2D eigenvalue weighted by atomic mass is 32.1. The van der Waals surface area contributed by atoms with Crippen molar-refractivity contribution in [2.24, 2.45) is 7.05 Å². The molecule has 124 valence electrons. The summed E-state index contributed by atoms with van der Waals surface area (Å²) in [7, 11) is 1.96. The van der Waals surface area contributed by atoms with Gasteiger partial charge >= 0.3 is 0 Å². The number of amides is 1. The summed E-state index contributed by atoms with van der Waals surface area (Å²) in [6, 6.07) is 5.81. The molecule has 1 fully saturated rings. The number of piperidine rings is 1. The Labute approximate surface area is 143 Å². The van der Waals surface area contributed by atoms with Crippen LogP contribution < -0.4 is 0 Å². The van der Waals surface area contributed by atoms with Crippen LogP contribution in [0.15, 0.2) is 39.7 Å². The highest BCUT2D eigenvalue weighted by molar-refractivity contribution is 7.08. The average molecular weight is 342 g/mol. The summed E-state index contributed by atoms with van der Waals surface area (Å²) < 4.78 is 7.44. The van der Waals surface area contributed by atoms with E-state index < -0.39 is 0 Å². The van der Waals surface area contributed by atoms with Gasteiger partial charge in [0.2, 0.25) is 11.7 Å². The molecule has 0 bridgehead atoms. The predicted molar refractivity (Wildman–Crippen MR) is 90.9 cm³/mol. The van der Waals surface area contributed by atoms with Gasteiger partial charge in [0, 0.05) is 37.6 Å². The molecule has 3 aromatic heterocycles. The molecule has 0 unspecified atom stereocenters. The molecule has 1 aliphatic rings. The van der Waals surface area contributed by atoms with Gasteiger partial charge in [-0.15, -0.1) is 0 Å². The van der Waals surface area contributed by atoms with Crippen LogP contribution in [0.4, 0.5) is 0 Å². The van der Waals surface area contributed by atoms with Crippen molar-refractivity contribution in [2.45, 2.75) is 18.8 Å². The van der Waals surface area contributed by atoms with Crippen LogP contribution in [0.2, 0.25) is 0 Å². The van der Waals surface area contributed by atoms with Crippen LogP contribution in [0, 0.1) is 0 Å². The third-order valence-corrected chi connectivity index (χ3v) is 5.20. The third-order valence-electron chi connectivity index (χ3n) is 4.51. The summed E-state index contributed by atoms with van der Waals surface area (Å²) in [5, 5.41) is 7.94. The van der Waals surface area contributed by atoms with Gasteiger partial charge in [-0.05, 0) is 36.4 Å². The normalized spacial score (nSPS) is 15.8. The Kier molecular flexibility index (Phi) is 3.93. The van der Waals surface area contributed by atoms with Crippen LogP contribution in [0.5, 0.6) is 0 Å². The topological polar surface area (TPSA) is 64.2 Å². The molecule has 1 saturated heterocycles. The van der Waals surface area contributed by atoms with Crippen molar-refractivity contribution in [3.8, 4) is 11.5 Å². The van der Waals surface area contributed by atoms with E-state index in [1.54, 1.807) is 11.3 Å². The number of thiophene rings is 1. The number of hydrogen-bond donors (Lipinski definition) is 0. The standard InChI is InChI=1S/C17H18N4O2S/c1-20-7-2-3-14(20)15-18-16(23-19-15)12-4-8-21(9-5-12)17(22)13-6-10-24-11-13/h2-3,6-7,10-12H,4-5,8-9H2,1H3. The Bertz CT molecular complexity index is 829. The van der Waals surface area contributed by atoms with Gasteiger partial charge < -0.3 is 14.0 Å². The molecule has 0 atom stereocenters. The van der Waals surface area contributed by atoms with Crippen LogP contribution in [-0.4, -0.2) is 38.6 Å². The van der Waals surface area contributed by atoms with Gasteiger partial charge in [-0.2, -0.15) is 16.3 Å². The Morgan fingerprint density at radius 2 is 2.17 bits per heavy atom.